The van der Waals surface area contributed by atoms with Crippen LogP contribution in [0.3, 0.4) is 0 Å². The van der Waals surface area contributed by atoms with Crippen molar-refractivity contribution in [2.75, 3.05) is 0 Å². The molecule has 0 amide bonds. The average Bonchev–Trinajstić information content (AvgIpc) is 2.43. The fourth-order valence-corrected chi connectivity index (χ4v) is 2.29. The molecule has 0 saturated carbocycles. The van der Waals surface area contributed by atoms with E-state index in [4.69, 9.17) is 20.2 Å². The van der Waals surface area contributed by atoms with E-state index >= 15 is 0 Å². The molecule has 0 unspecified atom stereocenters. The molecular weight excluding hydrogens is 376 g/mol. The Morgan fingerprint density at radius 3 is 1.22 bits per heavy atom. The quantitative estimate of drug-likeness (QED) is 0.259. The molecule has 0 aromatic heterocycles. The van der Waals surface area contributed by atoms with Crippen LogP contribution in [0.15, 0.2) is 0 Å². The summed E-state index contributed by atoms with van der Waals surface area (Å²) < 4.78 is 0. The zero-order valence-corrected chi connectivity index (χ0v) is 16.8. The number of unbranched alkanes of at least 4 members (excludes halogenated alkanes) is 12. The van der Waals surface area contributed by atoms with Crippen LogP contribution in [0.25, 0.3) is 0 Å². The minimum Gasteiger partial charge on any atom is -0.481 e. The van der Waals surface area contributed by atoms with Gasteiger partial charge in [0.05, 0.1) is 0 Å². The van der Waals surface area contributed by atoms with Crippen molar-refractivity contribution >= 4 is 13.3 Å². The number of carboxylic acid groups (broad SMARTS) is 1. The smallest absolute Gasteiger partial charge is 0.481 e. The molecule has 137 valence electrons. The first-order valence-electron chi connectivity index (χ1n) is 8.76. The topological polar surface area (TPSA) is 98.0 Å². The molecule has 0 spiro atoms. The van der Waals surface area contributed by atoms with Crippen LogP contribution in [0.4, 0.5) is 0 Å². The minimum absolute atomic E-state index is 0. The number of carboxylic acids is 1. The van der Waals surface area contributed by atoms with Crippen LogP contribution in [0.2, 0.25) is 0 Å². The molecule has 0 aliphatic carbocycles. The Labute approximate surface area is 157 Å². The molecule has 0 aliphatic heterocycles. The summed E-state index contributed by atoms with van der Waals surface area (Å²) in [5.41, 5.74) is 0. The number of aliphatic carboxylic acids is 1. The third-order valence-electron chi connectivity index (χ3n) is 3.49. The Balaban J connectivity index is -0.000000712. The van der Waals surface area contributed by atoms with E-state index in [1.165, 1.54) is 70.6 Å². The van der Waals surface area contributed by atoms with Crippen LogP contribution in [-0.2, 0) is 27.2 Å². The zero-order valence-electron chi connectivity index (χ0n) is 14.6. The van der Waals surface area contributed by atoms with E-state index in [2.05, 4.69) is 6.92 Å². The maximum Gasteiger partial charge on any atom is 0.631 e. The van der Waals surface area contributed by atoms with E-state index in [1.807, 2.05) is 0 Å². The summed E-state index contributed by atoms with van der Waals surface area (Å²) in [5, 5.41) is 30.0. The Bertz CT molecular complexity index is 228. The molecule has 7 heteroatoms. The van der Waals surface area contributed by atoms with Gasteiger partial charge in [-0.1, -0.05) is 84.0 Å². The van der Waals surface area contributed by atoms with E-state index in [9.17, 15) is 4.79 Å². The number of carbonyl (C=O) groups is 1. The molecule has 0 rings (SSSR count). The Kier molecular flexibility index (Phi) is 29.7. The molecule has 0 saturated heterocycles. The van der Waals surface area contributed by atoms with Crippen molar-refractivity contribution in [1.29, 1.82) is 0 Å². The summed E-state index contributed by atoms with van der Waals surface area (Å²) in [6.45, 7) is 2.26. The van der Waals surface area contributed by atoms with Gasteiger partial charge in [-0.05, 0) is 6.42 Å². The van der Waals surface area contributed by atoms with Crippen LogP contribution in [0.1, 0.15) is 96.8 Å². The molecule has 0 atom stereocenters. The van der Waals surface area contributed by atoms with Crippen LogP contribution in [0.5, 0.6) is 0 Å². The van der Waals surface area contributed by atoms with Gasteiger partial charge in [-0.3, -0.25) is 4.79 Å². The normalized spacial score (nSPS) is 9.57. The third-order valence-corrected chi connectivity index (χ3v) is 3.49. The second-order valence-electron chi connectivity index (χ2n) is 5.73. The summed E-state index contributed by atoms with van der Waals surface area (Å²) in [5.74, 6) is -0.655. The number of hydrogen-bond donors (Lipinski definition) is 4. The van der Waals surface area contributed by atoms with Gasteiger partial charge in [0.2, 0.25) is 0 Å². The first-order valence-corrected chi connectivity index (χ1v) is 8.76. The fraction of sp³-hybridized carbons (Fsp3) is 0.938. The molecular formula is C16H35BNbO5. The molecule has 0 aromatic carbocycles. The van der Waals surface area contributed by atoms with Crippen molar-refractivity contribution in [2.45, 2.75) is 96.8 Å². The second-order valence-corrected chi connectivity index (χ2v) is 5.73. The minimum atomic E-state index is -2.17. The van der Waals surface area contributed by atoms with Gasteiger partial charge in [-0.15, -0.1) is 0 Å². The van der Waals surface area contributed by atoms with Gasteiger partial charge in [0.25, 0.3) is 0 Å². The van der Waals surface area contributed by atoms with Crippen LogP contribution >= 0.6 is 0 Å². The molecule has 0 aliphatic rings. The zero-order chi connectivity index (χ0) is 17.1. The predicted octanol–water partition coefficient (Wildman–Crippen LogP) is 3.50. The van der Waals surface area contributed by atoms with E-state index in [-0.39, 0.29) is 22.4 Å². The van der Waals surface area contributed by atoms with Crippen molar-refractivity contribution in [3.8, 4) is 0 Å². The van der Waals surface area contributed by atoms with Gasteiger partial charge >= 0.3 is 13.3 Å². The molecule has 1 radical (unpaired) electrons. The SMILES string of the molecule is CCCCCCCCCCCCCCCC(=O)O.OB(O)O.[Nb]. The average molecular weight is 411 g/mol. The molecule has 5 nitrogen and oxygen atoms in total. The van der Waals surface area contributed by atoms with Crippen molar-refractivity contribution in [3.63, 3.8) is 0 Å². The molecule has 0 heterocycles. The molecule has 0 aromatic rings. The van der Waals surface area contributed by atoms with Gasteiger partial charge in [0, 0.05) is 28.8 Å². The number of hydrogen-bond acceptors (Lipinski definition) is 4. The van der Waals surface area contributed by atoms with Crippen LogP contribution in [-0.4, -0.2) is 33.5 Å². The summed E-state index contributed by atoms with van der Waals surface area (Å²) in [6, 6.07) is 0. The van der Waals surface area contributed by atoms with Gasteiger partial charge < -0.3 is 20.2 Å². The largest absolute Gasteiger partial charge is 0.631 e. The monoisotopic (exact) mass is 411 g/mol. The first-order chi connectivity index (χ1) is 10.5. The third kappa shape index (κ3) is 39.2. The van der Waals surface area contributed by atoms with Crippen molar-refractivity contribution in [2.24, 2.45) is 0 Å². The van der Waals surface area contributed by atoms with Gasteiger partial charge in [0.15, 0.2) is 0 Å². The van der Waals surface area contributed by atoms with Crippen LogP contribution in [0, 0.1) is 0 Å². The van der Waals surface area contributed by atoms with Crippen molar-refractivity contribution < 1.29 is 47.4 Å². The summed E-state index contributed by atoms with van der Waals surface area (Å²) in [6.07, 6.45) is 17.3. The standard InChI is InChI=1S/C16H32O2.BH3O3.Nb/c1-2-3-4-5-6-7-8-9-10-11-12-13-14-15-16(17)18;2-1(3)4;/h2-15H2,1H3,(H,17,18);2-4H;. The number of rotatable bonds is 14. The second kappa shape index (κ2) is 24.4. The predicted molar refractivity (Wildman–Crippen MR) is 90.4 cm³/mol. The maximum absolute atomic E-state index is 10.3. The first kappa shape index (κ1) is 28.0. The summed E-state index contributed by atoms with van der Waals surface area (Å²) >= 11 is 0. The fourth-order valence-electron chi connectivity index (χ4n) is 2.29. The Morgan fingerprint density at radius 2 is 0.957 bits per heavy atom. The molecule has 23 heavy (non-hydrogen) atoms. The van der Waals surface area contributed by atoms with Gasteiger partial charge in [-0.25, -0.2) is 0 Å². The van der Waals surface area contributed by atoms with E-state index < -0.39 is 13.3 Å². The van der Waals surface area contributed by atoms with Gasteiger partial charge in [0.1, 0.15) is 0 Å². The Hall–Kier alpha value is 0.155. The van der Waals surface area contributed by atoms with E-state index in [0.717, 1.165) is 12.8 Å². The van der Waals surface area contributed by atoms with Crippen LogP contribution < -0.4 is 0 Å². The molecule has 4 N–H and O–H groups in total. The maximum atomic E-state index is 10.3. The summed E-state index contributed by atoms with van der Waals surface area (Å²) in [7, 11) is -2.17. The van der Waals surface area contributed by atoms with E-state index in [0.29, 0.717) is 6.42 Å². The molecule has 0 bridgehead atoms. The Morgan fingerprint density at radius 1 is 0.696 bits per heavy atom. The van der Waals surface area contributed by atoms with E-state index in [1.54, 1.807) is 0 Å². The summed E-state index contributed by atoms with van der Waals surface area (Å²) in [4.78, 5) is 10.3. The van der Waals surface area contributed by atoms with Crippen molar-refractivity contribution in [3.05, 3.63) is 0 Å². The molecule has 0 fully saturated rings. The van der Waals surface area contributed by atoms with Gasteiger partial charge in [-0.2, -0.15) is 0 Å². The van der Waals surface area contributed by atoms with Crippen molar-refractivity contribution in [1.82, 2.24) is 0 Å².